The number of rotatable bonds is 2. The predicted octanol–water partition coefficient (Wildman–Crippen LogP) is 4.20. The highest BCUT2D eigenvalue weighted by molar-refractivity contribution is 5.68. The quantitative estimate of drug-likeness (QED) is 0.828. The molecule has 21 heavy (non-hydrogen) atoms. The van der Waals surface area contributed by atoms with Gasteiger partial charge in [-0.2, -0.15) is 18.3 Å². The summed E-state index contributed by atoms with van der Waals surface area (Å²) in [6, 6.07) is 6.90. The topological polar surface area (TPSA) is 21.1 Å². The van der Waals surface area contributed by atoms with Gasteiger partial charge in [0.05, 0.1) is 0 Å². The van der Waals surface area contributed by atoms with Crippen molar-refractivity contribution in [1.29, 1.82) is 0 Å². The number of aromatic nitrogens is 2. The number of hydrogen-bond donors (Lipinski definition) is 0. The minimum atomic E-state index is -4.45. The van der Waals surface area contributed by atoms with Gasteiger partial charge in [0, 0.05) is 38.6 Å². The Labute approximate surface area is 123 Å². The van der Waals surface area contributed by atoms with Gasteiger partial charge in [0.15, 0.2) is 5.69 Å². The number of halogens is 3. The summed E-state index contributed by atoms with van der Waals surface area (Å²) in [6.07, 6.45) is -3.07. The largest absolute Gasteiger partial charge is 0.435 e. The molecule has 2 rings (SSSR count). The molecule has 0 unspecified atom stereocenters. The van der Waals surface area contributed by atoms with Crippen LogP contribution < -0.4 is 4.90 Å². The molecule has 0 aliphatic rings. The molecule has 6 heteroatoms. The molecule has 0 atom stereocenters. The summed E-state index contributed by atoms with van der Waals surface area (Å²) in [7, 11) is 5.23. The van der Waals surface area contributed by atoms with Gasteiger partial charge in [-0.25, -0.2) is 0 Å². The van der Waals surface area contributed by atoms with Crippen LogP contribution in [0.2, 0.25) is 0 Å². The van der Waals surface area contributed by atoms with Crippen LogP contribution in [0.25, 0.3) is 11.1 Å². The third kappa shape index (κ3) is 4.00. The predicted molar refractivity (Wildman–Crippen MR) is 79.3 cm³/mol. The zero-order valence-electron chi connectivity index (χ0n) is 12.9. The molecule has 0 radical (unpaired) electrons. The first-order valence-electron chi connectivity index (χ1n) is 6.67. The Morgan fingerprint density at radius 1 is 1.05 bits per heavy atom. The van der Waals surface area contributed by atoms with Gasteiger partial charge in [-0.1, -0.05) is 26.0 Å². The highest BCUT2D eigenvalue weighted by Gasteiger charge is 2.37. The third-order valence-corrected chi connectivity index (χ3v) is 2.79. The van der Waals surface area contributed by atoms with Crippen LogP contribution >= 0.6 is 0 Å². The standard InChI is InChI=1S/C13H14F3N3.C2H6/c1-18(2)10-6-4-9(5-7-10)11-8-19(3)17-12(11)13(14,15)16;1-2/h4-8H,1-3H3;1-2H3. The van der Waals surface area contributed by atoms with E-state index in [1.807, 2.05) is 32.8 Å². The zero-order valence-corrected chi connectivity index (χ0v) is 12.9. The molecule has 3 nitrogen and oxygen atoms in total. The first kappa shape index (κ1) is 17.1. The van der Waals surface area contributed by atoms with E-state index in [2.05, 4.69) is 5.10 Å². The molecule has 0 spiro atoms. The fourth-order valence-corrected chi connectivity index (χ4v) is 1.85. The Morgan fingerprint density at radius 2 is 1.57 bits per heavy atom. The van der Waals surface area contributed by atoms with Crippen LogP contribution in [0.15, 0.2) is 30.5 Å². The van der Waals surface area contributed by atoms with Crippen LogP contribution in [0.5, 0.6) is 0 Å². The smallest absolute Gasteiger partial charge is 0.378 e. The summed E-state index contributed by atoms with van der Waals surface area (Å²) < 4.78 is 39.8. The highest BCUT2D eigenvalue weighted by atomic mass is 19.4. The number of hydrogen-bond acceptors (Lipinski definition) is 2. The molecule has 1 aromatic heterocycles. The second-order valence-corrected chi connectivity index (χ2v) is 4.50. The SMILES string of the molecule is CC.CN(C)c1ccc(-c2cn(C)nc2C(F)(F)F)cc1. The van der Waals surface area contributed by atoms with Gasteiger partial charge in [-0.3, -0.25) is 4.68 Å². The zero-order chi connectivity index (χ0) is 16.2. The second kappa shape index (κ2) is 6.65. The highest BCUT2D eigenvalue weighted by Crippen LogP contribution is 2.36. The Morgan fingerprint density at radius 3 is 2.00 bits per heavy atom. The maximum atomic E-state index is 12.9. The molecule has 116 valence electrons. The Balaban J connectivity index is 0.00000106. The van der Waals surface area contributed by atoms with Gasteiger partial charge in [0.25, 0.3) is 0 Å². The average molecular weight is 299 g/mol. The molecular weight excluding hydrogens is 279 g/mol. The van der Waals surface area contributed by atoms with Crippen molar-refractivity contribution in [3.8, 4) is 11.1 Å². The molecule has 0 saturated heterocycles. The number of alkyl halides is 3. The van der Waals surface area contributed by atoms with Gasteiger partial charge in [-0.05, 0) is 17.7 Å². The lowest BCUT2D eigenvalue weighted by atomic mass is 10.1. The number of nitrogens with zero attached hydrogens (tertiary/aromatic N) is 3. The molecule has 0 amide bonds. The van der Waals surface area contributed by atoms with E-state index in [0.717, 1.165) is 5.69 Å². The van der Waals surface area contributed by atoms with Gasteiger partial charge in [-0.15, -0.1) is 0 Å². The Kier molecular flexibility index (Phi) is 5.41. The van der Waals surface area contributed by atoms with Crippen molar-refractivity contribution in [2.24, 2.45) is 7.05 Å². The van der Waals surface area contributed by atoms with Crippen molar-refractivity contribution in [3.63, 3.8) is 0 Å². The van der Waals surface area contributed by atoms with E-state index in [9.17, 15) is 13.2 Å². The van der Waals surface area contributed by atoms with E-state index in [1.54, 1.807) is 24.3 Å². The average Bonchev–Trinajstić information content (AvgIpc) is 2.83. The molecule has 0 aliphatic heterocycles. The first-order chi connectivity index (χ1) is 9.79. The molecule has 0 bridgehead atoms. The van der Waals surface area contributed by atoms with Crippen molar-refractivity contribution in [2.75, 3.05) is 19.0 Å². The minimum absolute atomic E-state index is 0.0975. The minimum Gasteiger partial charge on any atom is -0.378 e. The summed E-state index contributed by atoms with van der Waals surface area (Å²) >= 11 is 0. The summed E-state index contributed by atoms with van der Waals surface area (Å²) in [5.74, 6) is 0. The normalized spacial score (nSPS) is 10.9. The van der Waals surface area contributed by atoms with Crippen LogP contribution in [-0.2, 0) is 13.2 Å². The molecule has 1 aromatic carbocycles. The fourth-order valence-electron chi connectivity index (χ4n) is 1.85. The van der Waals surface area contributed by atoms with Crippen molar-refractivity contribution in [3.05, 3.63) is 36.2 Å². The number of aryl methyl sites for hydroxylation is 1. The molecule has 1 heterocycles. The molecule has 0 saturated carbocycles. The van der Waals surface area contributed by atoms with E-state index in [-0.39, 0.29) is 5.56 Å². The Bertz CT molecular complexity index is 569. The summed E-state index contributed by atoms with van der Waals surface area (Å²) in [4.78, 5) is 1.89. The van der Waals surface area contributed by atoms with Gasteiger partial charge >= 0.3 is 6.18 Å². The van der Waals surface area contributed by atoms with Gasteiger partial charge in [0.1, 0.15) is 0 Å². The monoisotopic (exact) mass is 299 g/mol. The summed E-state index contributed by atoms with van der Waals surface area (Å²) in [6.45, 7) is 4.00. The van der Waals surface area contributed by atoms with Crippen LogP contribution in [0.3, 0.4) is 0 Å². The van der Waals surface area contributed by atoms with Crippen molar-refractivity contribution < 1.29 is 13.2 Å². The van der Waals surface area contributed by atoms with Crippen molar-refractivity contribution in [2.45, 2.75) is 20.0 Å². The maximum Gasteiger partial charge on any atom is 0.435 e. The number of anilines is 1. The van der Waals surface area contributed by atoms with Crippen LogP contribution in [0.4, 0.5) is 18.9 Å². The fraction of sp³-hybridized carbons (Fsp3) is 0.400. The number of benzene rings is 1. The van der Waals surface area contributed by atoms with Crippen LogP contribution in [-0.4, -0.2) is 23.9 Å². The van der Waals surface area contributed by atoms with Crippen molar-refractivity contribution >= 4 is 5.69 Å². The van der Waals surface area contributed by atoms with E-state index in [0.29, 0.717) is 5.56 Å². The van der Waals surface area contributed by atoms with Crippen LogP contribution in [0.1, 0.15) is 19.5 Å². The van der Waals surface area contributed by atoms with E-state index in [1.165, 1.54) is 17.9 Å². The summed E-state index contributed by atoms with van der Waals surface area (Å²) in [5.41, 5.74) is 0.681. The van der Waals surface area contributed by atoms with E-state index in [4.69, 9.17) is 0 Å². The summed E-state index contributed by atoms with van der Waals surface area (Å²) in [5, 5.41) is 3.50. The molecule has 0 aliphatic carbocycles. The lowest BCUT2D eigenvalue weighted by Crippen LogP contribution is -2.09. The van der Waals surface area contributed by atoms with Crippen LogP contribution in [0, 0.1) is 0 Å². The van der Waals surface area contributed by atoms with Gasteiger partial charge in [0.2, 0.25) is 0 Å². The molecule has 0 fully saturated rings. The third-order valence-electron chi connectivity index (χ3n) is 2.79. The molecule has 2 aromatic rings. The van der Waals surface area contributed by atoms with E-state index < -0.39 is 11.9 Å². The lowest BCUT2D eigenvalue weighted by molar-refractivity contribution is -0.140. The Hall–Kier alpha value is -1.98. The molecule has 0 N–H and O–H groups in total. The lowest BCUT2D eigenvalue weighted by Gasteiger charge is -2.13. The van der Waals surface area contributed by atoms with Crippen molar-refractivity contribution in [1.82, 2.24) is 9.78 Å². The van der Waals surface area contributed by atoms with Gasteiger partial charge < -0.3 is 4.90 Å². The van der Waals surface area contributed by atoms with E-state index >= 15 is 0 Å². The first-order valence-corrected chi connectivity index (χ1v) is 6.67. The molecular formula is C15H20F3N3. The maximum absolute atomic E-state index is 12.9. The second-order valence-electron chi connectivity index (χ2n) is 4.50.